The summed E-state index contributed by atoms with van der Waals surface area (Å²) in [5, 5.41) is 22.1. The lowest BCUT2D eigenvalue weighted by molar-refractivity contribution is 0.281. The van der Waals surface area contributed by atoms with Gasteiger partial charge in [0.25, 0.3) is 0 Å². The van der Waals surface area contributed by atoms with E-state index in [4.69, 9.17) is 5.11 Å². The second kappa shape index (κ2) is 5.95. The Balaban J connectivity index is 2.27. The zero-order chi connectivity index (χ0) is 14.8. The molecule has 0 spiro atoms. The number of hydrogen-bond donors (Lipinski definition) is 3. The van der Waals surface area contributed by atoms with Gasteiger partial charge in [-0.3, -0.25) is 0 Å². The molecule has 2 rings (SSSR count). The molecule has 1 heterocycles. The summed E-state index contributed by atoms with van der Waals surface area (Å²) in [6, 6.07) is 3.88. The number of benzene rings is 1. The summed E-state index contributed by atoms with van der Waals surface area (Å²) in [7, 11) is -3.74. The highest BCUT2D eigenvalue weighted by Crippen LogP contribution is 2.24. The van der Waals surface area contributed by atoms with Gasteiger partial charge >= 0.3 is 0 Å². The first kappa shape index (κ1) is 15.0. The smallest absolute Gasteiger partial charge is 0.242 e. The van der Waals surface area contributed by atoms with Crippen molar-refractivity contribution in [2.24, 2.45) is 0 Å². The Kier molecular flexibility index (Phi) is 4.48. The molecule has 3 N–H and O–H groups in total. The largest absolute Gasteiger partial charge is 0.392 e. The molecule has 1 aromatic heterocycles. The van der Waals surface area contributed by atoms with E-state index in [1.165, 1.54) is 6.07 Å². The van der Waals surface area contributed by atoms with E-state index in [1.54, 1.807) is 19.1 Å². The lowest BCUT2D eigenvalue weighted by Gasteiger charge is -2.12. The average molecular weight is 362 g/mol. The molecule has 108 valence electrons. The number of H-pyrrole nitrogens is 1. The lowest BCUT2D eigenvalue weighted by atomic mass is 10.2. The summed E-state index contributed by atoms with van der Waals surface area (Å²) in [5.74, 6) is 0.247. The summed E-state index contributed by atoms with van der Waals surface area (Å²) in [4.78, 5) is 0.0741. The molecular weight excluding hydrogens is 350 g/mol. The van der Waals surface area contributed by atoms with Crippen LogP contribution in [-0.2, 0) is 16.6 Å². The minimum atomic E-state index is -3.74. The number of nitrogens with one attached hydrogen (secondary N) is 2. The Morgan fingerprint density at radius 3 is 2.80 bits per heavy atom. The molecule has 0 amide bonds. The molecule has 1 atom stereocenters. The molecule has 1 aromatic carbocycles. The van der Waals surface area contributed by atoms with Gasteiger partial charge in [-0.05, 0) is 40.5 Å². The molecule has 10 heteroatoms. The van der Waals surface area contributed by atoms with E-state index in [0.29, 0.717) is 10.0 Å². The van der Waals surface area contributed by atoms with Crippen LogP contribution in [0.2, 0.25) is 0 Å². The van der Waals surface area contributed by atoms with Gasteiger partial charge in [-0.1, -0.05) is 11.3 Å². The fraction of sp³-hybridized carbons (Fsp3) is 0.300. The first-order chi connectivity index (χ1) is 9.44. The highest BCUT2D eigenvalue weighted by Gasteiger charge is 2.23. The van der Waals surface area contributed by atoms with Crippen molar-refractivity contribution in [2.45, 2.75) is 24.5 Å². The van der Waals surface area contributed by atoms with E-state index in [-0.39, 0.29) is 17.3 Å². The van der Waals surface area contributed by atoms with Crippen LogP contribution < -0.4 is 4.72 Å². The number of tetrazole rings is 1. The first-order valence-corrected chi connectivity index (χ1v) is 7.86. The van der Waals surface area contributed by atoms with E-state index in [2.05, 4.69) is 41.3 Å². The zero-order valence-corrected chi connectivity index (χ0v) is 12.8. The predicted octanol–water partition coefficient (Wildman–Crippen LogP) is 0.494. The number of aliphatic hydroxyl groups is 1. The third-order valence-corrected chi connectivity index (χ3v) is 5.07. The van der Waals surface area contributed by atoms with Crippen LogP contribution in [-0.4, -0.2) is 34.1 Å². The summed E-state index contributed by atoms with van der Waals surface area (Å²) >= 11 is 3.18. The summed E-state index contributed by atoms with van der Waals surface area (Å²) in [5.41, 5.74) is 0.613. The monoisotopic (exact) mass is 361 g/mol. The summed E-state index contributed by atoms with van der Waals surface area (Å²) < 4.78 is 27.4. The second-order valence-corrected chi connectivity index (χ2v) is 6.57. The Labute approximate surface area is 123 Å². The molecule has 0 radical (unpaired) electrons. The molecule has 0 saturated carbocycles. The van der Waals surface area contributed by atoms with Crippen LogP contribution in [0, 0.1) is 0 Å². The molecule has 0 aliphatic rings. The van der Waals surface area contributed by atoms with Gasteiger partial charge in [0.1, 0.15) is 0 Å². The molecule has 2 aromatic rings. The number of aromatic nitrogens is 4. The van der Waals surface area contributed by atoms with Crippen molar-refractivity contribution in [3.8, 4) is 0 Å². The Morgan fingerprint density at radius 1 is 1.50 bits per heavy atom. The average Bonchev–Trinajstić information content (AvgIpc) is 2.91. The van der Waals surface area contributed by atoms with Gasteiger partial charge in [0.15, 0.2) is 5.82 Å². The van der Waals surface area contributed by atoms with Crippen LogP contribution in [0.5, 0.6) is 0 Å². The number of sulfonamides is 1. The van der Waals surface area contributed by atoms with Gasteiger partial charge in [-0.15, -0.1) is 10.2 Å². The van der Waals surface area contributed by atoms with Crippen molar-refractivity contribution in [1.82, 2.24) is 25.3 Å². The van der Waals surface area contributed by atoms with Crippen LogP contribution in [0.1, 0.15) is 24.4 Å². The molecule has 0 saturated heterocycles. The molecule has 20 heavy (non-hydrogen) atoms. The number of aromatic amines is 1. The molecule has 1 unspecified atom stereocenters. The van der Waals surface area contributed by atoms with Crippen molar-refractivity contribution in [3.63, 3.8) is 0 Å². The van der Waals surface area contributed by atoms with E-state index < -0.39 is 16.1 Å². The third-order valence-electron chi connectivity index (χ3n) is 2.55. The van der Waals surface area contributed by atoms with Crippen molar-refractivity contribution >= 4 is 26.0 Å². The molecular formula is C10H12BrN5O3S. The van der Waals surface area contributed by atoms with Crippen LogP contribution in [0.3, 0.4) is 0 Å². The third kappa shape index (κ3) is 3.20. The van der Waals surface area contributed by atoms with E-state index in [1.807, 2.05) is 0 Å². The van der Waals surface area contributed by atoms with Crippen molar-refractivity contribution in [2.75, 3.05) is 0 Å². The van der Waals surface area contributed by atoms with E-state index in [9.17, 15) is 8.42 Å². The first-order valence-electron chi connectivity index (χ1n) is 5.59. The van der Waals surface area contributed by atoms with E-state index >= 15 is 0 Å². The van der Waals surface area contributed by atoms with Gasteiger partial charge in [-0.2, -0.15) is 5.21 Å². The fourth-order valence-corrected chi connectivity index (χ4v) is 3.89. The van der Waals surface area contributed by atoms with E-state index in [0.717, 1.165) is 0 Å². The van der Waals surface area contributed by atoms with Crippen molar-refractivity contribution < 1.29 is 13.5 Å². The van der Waals surface area contributed by atoms with Gasteiger partial charge in [0, 0.05) is 4.47 Å². The molecule has 0 aliphatic carbocycles. The van der Waals surface area contributed by atoms with Crippen LogP contribution in [0.25, 0.3) is 0 Å². The van der Waals surface area contributed by atoms with Gasteiger partial charge in [0.05, 0.1) is 17.5 Å². The maximum absolute atomic E-state index is 12.3. The Hall–Kier alpha value is -1.36. The molecule has 0 bridgehead atoms. The molecule has 8 nitrogen and oxygen atoms in total. The standard InChI is InChI=1S/C10H12BrN5O3S/c1-6(10-12-15-16-13-10)14-20(18,19)9-3-2-7(5-17)4-8(9)11/h2-4,6,14,17H,5H2,1H3,(H,12,13,15,16). The van der Waals surface area contributed by atoms with Gasteiger partial charge in [-0.25, -0.2) is 13.1 Å². The predicted molar refractivity (Wildman–Crippen MR) is 73.0 cm³/mol. The number of rotatable bonds is 5. The topological polar surface area (TPSA) is 121 Å². The number of halogens is 1. The fourth-order valence-electron chi connectivity index (χ4n) is 1.56. The number of aliphatic hydroxyl groups excluding tert-OH is 1. The molecule has 0 fully saturated rings. The van der Waals surface area contributed by atoms with Gasteiger partial charge in [0.2, 0.25) is 10.0 Å². The molecule has 0 aliphatic heterocycles. The number of nitrogens with zero attached hydrogens (tertiary/aromatic N) is 3. The van der Waals surface area contributed by atoms with Crippen LogP contribution in [0.15, 0.2) is 27.6 Å². The number of hydrogen-bond acceptors (Lipinski definition) is 6. The van der Waals surface area contributed by atoms with Crippen molar-refractivity contribution in [1.29, 1.82) is 0 Å². The minimum Gasteiger partial charge on any atom is -0.392 e. The van der Waals surface area contributed by atoms with Crippen LogP contribution in [0.4, 0.5) is 0 Å². The minimum absolute atomic E-state index is 0.0741. The second-order valence-electron chi connectivity index (χ2n) is 4.04. The maximum Gasteiger partial charge on any atom is 0.242 e. The highest BCUT2D eigenvalue weighted by molar-refractivity contribution is 9.10. The lowest BCUT2D eigenvalue weighted by Crippen LogP contribution is -2.28. The summed E-state index contributed by atoms with van der Waals surface area (Å²) in [6.45, 7) is 1.45. The quantitative estimate of drug-likeness (QED) is 0.712. The zero-order valence-electron chi connectivity index (χ0n) is 10.4. The normalized spacial score (nSPS) is 13.3. The highest BCUT2D eigenvalue weighted by atomic mass is 79.9. The Bertz CT molecular complexity index is 689. The summed E-state index contributed by atoms with van der Waals surface area (Å²) in [6.07, 6.45) is 0. The van der Waals surface area contributed by atoms with Crippen LogP contribution >= 0.6 is 15.9 Å². The Morgan fingerprint density at radius 2 is 2.25 bits per heavy atom. The van der Waals surface area contributed by atoms with Crippen molar-refractivity contribution in [3.05, 3.63) is 34.1 Å². The maximum atomic E-state index is 12.3. The van der Waals surface area contributed by atoms with Gasteiger partial charge < -0.3 is 5.11 Å². The SMILES string of the molecule is CC(NS(=O)(=O)c1ccc(CO)cc1Br)c1nn[nH]n1.